The van der Waals surface area contributed by atoms with E-state index in [1.807, 2.05) is 24.3 Å². The maximum atomic E-state index is 10.8. The van der Waals surface area contributed by atoms with E-state index in [2.05, 4.69) is 21.2 Å². The van der Waals surface area contributed by atoms with E-state index in [-0.39, 0.29) is 12.0 Å². The van der Waals surface area contributed by atoms with Crippen LogP contribution >= 0.6 is 15.9 Å². The molecule has 0 aliphatic carbocycles. The lowest BCUT2D eigenvalue weighted by Crippen LogP contribution is -2.55. The zero-order valence-corrected chi connectivity index (χ0v) is 9.75. The molecule has 0 bridgehead atoms. The van der Waals surface area contributed by atoms with Gasteiger partial charge in [0.2, 0.25) is 0 Å². The third-order valence-electron chi connectivity index (χ3n) is 2.86. The molecular formula is C11H12BrNO2. The fraction of sp³-hybridized carbons (Fsp3) is 0.364. The number of hydrogen-bond donors (Lipinski definition) is 2. The van der Waals surface area contributed by atoms with Gasteiger partial charge in [-0.1, -0.05) is 34.1 Å². The number of carboxylic acids is 1. The summed E-state index contributed by atoms with van der Waals surface area (Å²) >= 11 is 3.46. The Morgan fingerprint density at radius 3 is 2.67 bits per heavy atom. The number of benzene rings is 1. The van der Waals surface area contributed by atoms with Crippen molar-refractivity contribution in [2.24, 2.45) is 0 Å². The third-order valence-corrected chi connectivity index (χ3v) is 3.55. The first-order chi connectivity index (χ1) is 7.14. The number of rotatable bonds is 3. The minimum atomic E-state index is -0.766. The van der Waals surface area contributed by atoms with E-state index in [0.717, 1.165) is 23.0 Å². The molecule has 1 fully saturated rings. The lowest BCUT2D eigenvalue weighted by Gasteiger charge is -2.43. The van der Waals surface area contributed by atoms with Crippen LogP contribution in [-0.2, 0) is 10.3 Å². The summed E-state index contributed by atoms with van der Waals surface area (Å²) in [7, 11) is 0. The van der Waals surface area contributed by atoms with Crippen molar-refractivity contribution in [1.82, 2.24) is 5.32 Å². The van der Waals surface area contributed by atoms with E-state index in [0.29, 0.717) is 0 Å². The molecule has 1 unspecified atom stereocenters. The minimum absolute atomic E-state index is 0.135. The summed E-state index contributed by atoms with van der Waals surface area (Å²) in [6, 6.07) is 7.78. The molecule has 1 aliphatic rings. The van der Waals surface area contributed by atoms with Crippen molar-refractivity contribution in [3.63, 3.8) is 0 Å². The third kappa shape index (κ3) is 1.92. The quantitative estimate of drug-likeness (QED) is 0.884. The Labute approximate surface area is 96.6 Å². The van der Waals surface area contributed by atoms with Crippen molar-refractivity contribution in [2.75, 3.05) is 6.54 Å². The maximum Gasteiger partial charge on any atom is 0.305 e. The highest BCUT2D eigenvalue weighted by molar-refractivity contribution is 9.10. The van der Waals surface area contributed by atoms with E-state index < -0.39 is 5.97 Å². The van der Waals surface area contributed by atoms with Gasteiger partial charge in [0.05, 0.1) is 12.0 Å². The lowest BCUT2D eigenvalue weighted by molar-refractivity contribution is -0.139. The highest BCUT2D eigenvalue weighted by Gasteiger charge is 2.41. The van der Waals surface area contributed by atoms with Crippen LogP contribution in [0.2, 0.25) is 0 Å². The minimum Gasteiger partial charge on any atom is -0.481 e. The Kier molecular flexibility index (Phi) is 2.80. The second-order valence-corrected chi connectivity index (χ2v) is 4.66. The zero-order chi connectivity index (χ0) is 10.9. The average molecular weight is 270 g/mol. The maximum absolute atomic E-state index is 10.8. The van der Waals surface area contributed by atoms with Gasteiger partial charge < -0.3 is 10.4 Å². The molecule has 0 radical (unpaired) electrons. The van der Waals surface area contributed by atoms with Gasteiger partial charge in [-0.2, -0.15) is 0 Å². The van der Waals surface area contributed by atoms with Gasteiger partial charge in [0.15, 0.2) is 0 Å². The first kappa shape index (κ1) is 10.6. The molecule has 4 heteroatoms. The molecule has 3 nitrogen and oxygen atoms in total. The number of nitrogens with one attached hydrogen (secondary N) is 1. The molecule has 0 saturated carbocycles. The first-order valence-electron chi connectivity index (χ1n) is 4.86. The molecule has 2 rings (SSSR count). The van der Waals surface area contributed by atoms with Gasteiger partial charge >= 0.3 is 5.97 Å². The average Bonchev–Trinajstić information content (AvgIpc) is 2.12. The second-order valence-electron chi connectivity index (χ2n) is 3.81. The molecule has 1 aromatic rings. The molecule has 1 saturated heterocycles. The summed E-state index contributed by atoms with van der Waals surface area (Å²) in [6.07, 6.45) is 1.01. The molecule has 15 heavy (non-hydrogen) atoms. The van der Waals surface area contributed by atoms with Crippen LogP contribution in [0.1, 0.15) is 18.4 Å². The van der Waals surface area contributed by atoms with Crippen molar-refractivity contribution in [3.05, 3.63) is 34.3 Å². The summed E-state index contributed by atoms with van der Waals surface area (Å²) in [5.41, 5.74) is 0.671. The molecule has 1 aliphatic heterocycles. The highest BCUT2D eigenvalue weighted by atomic mass is 79.9. The van der Waals surface area contributed by atoms with Gasteiger partial charge in [0, 0.05) is 4.47 Å². The van der Waals surface area contributed by atoms with E-state index in [1.165, 1.54) is 0 Å². The van der Waals surface area contributed by atoms with Crippen molar-refractivity contribution in [1.29, 1.82) is 0 Å². The Morgan fingerprint density at radius 1 is 1.53 bits per heavy atom. The molecule has 2 N–H and O–H groups in total. The van der Waals surface area contributed by atoms with Crippen LogP contribution in [0.15, 0.2) is 28.7 Å². The van der Waals surface area contributed by atoms with Crippen LogP contribution in [0, 0.1) is 0 Å². The Hall–Kier alpha value is -0.870. The van der Waals surface area contributed by atoms with Crippen LogP contribution in [0.5, 0.6) is 0 Å². The lowest BCUT2D eigenvalue weighted by atomic mass is 9.78. The zero-order valence-electron chi connectivity index (χ0n) is 8.16. The SMILES string of the molecule is O=C(O)CC1(c2ccccc2Br)CCN1. The van der Waals surface area contributed by atoms with E-state index in [9.17, 15) is 4.79 Å². The number of halogens is 1. The molecule has 1 atom stereocenters. The summed E-state index contributed by atoms with van der Waals surface area (Å²) in [4.78, 5) is 10.8. The number of carbonyl (C=O) groups is 1. The van der Waals surface area contributed by atoms with Crippen LogP contribution in [0.25, 0.3) is 0 Å². The molecule has 0 aromatic heterocycles. The van der Waals surface area contributed by atoms with E-state index in [1.54, 1.807) is 0 Å². The van der Waals surface area contributed by atoms with Crippen LogP contribution in [0.3, 0.4) is 0 Å². The molecule has 0 spiro atoms. The molecule has 0 amide bonds. The fourth-order valence-corrected chi connectivity index (χ4v) is 2.67. The van der Waals surface area contributed by atoms with Gasteiger partial charge in [0.1, 0.15) is 0 Å². The summed E-state index contributed by atoms with van der Waals surface area (Å²) < 4.78 is 0.971. The highest BCUT2D eigenvalue weighted by Crippen LogP contribution is 2.38. The fourth-order valence-electron chi connectivity index (χ4n) is 2.01. The Bertz CT molecular complexity index is 388. The van der Waals surface area contributed by atoms with Crippen molar-refractivity contribution in [2.45, 2.75) is 18.4 Å². The smallest absolute Gasteiger partial charge is 0.305 e. The first-order valence-corrected chi connectivity index (χ1v) is 5.65. The summed E-state index contributed by atoms with van der Waals surface area (Å²) in [5, 5.41) is 12.1. The topological polar surface area (TPSA) is 49.3 Å². The Morgan fingerprint density at radius 2 is 2.20 bits per heavy atom. The standard InChI is InChI=1S/C11H12BrNO2/c12-9-4-2-1-3-8(9)11(5-6-13-11)7-10(14)15/h1-4,13H,5-7H2,(H,14,15). The largest absolute Gasteiger partial charge is 0.481 e. The number of hydrogen-bond acceptors (Lipinski definition) is 2. The predicted molar refractivity (Wildman–Crippen MR) is 60.7 cm³/mol. The van der Waals surface area contributed by atoms with Gasteiger partial charge in [0.25, 0.3) is 0 Å². The summed E-state index contributed by atoms with van der Waals surface area (Å²) in [6.45, 7) is 0.884. The summed E-state index contributed by atoms with van der Waals surface area (Å²) in [5.74, 6) is -0.766. The molecule has 1 heterocycles. The number of aliphatic carboxylic acids is 1. The molecule has 80 valence electrons. The van der Waals surface area contributed by atoms with Crippen LogP contribution in [0.4, 0.5) is 0 Å². The molecular weight excluding hydrogens is 258 g/mol. The normalized spacial score (nSPS) is 24.6. The molecule has 1 aromatic carbocycles. The van der Waals surface area contributed by atoms with Gasteiger partial charge in [-0.3, -0.25) is 4.79 Å². The van der Waals surface area contributed by atoms with Crippen LogP contribution in [-0.4, -0.2) is 17.6 Å². The van der Waals surface area contributed by atoms with Gasteiger partial charge in [-0.25, -0.2) is 0 Å². The second kappa shape index (κ2) is 3.94. The van der Waals surface area contributed by atoms with E-state index in [4.69, 9.17) is 5.11 Å². The van der Waals surface area contributed by atoms with Crippen molar-refractivity contribution >= 4 is 21.9 Å². The monoisotopic (exact) mass is 269 g/mol. The predicted octanol–water partition coefficient (Wildman–Crippen LogP) is 2.11. The van der Waals surface area contributed by atoms with E-state index >= 15 is 0 Å². The number of carboxylic acid groups (broad SMARTS) is 1. The Balaban J connectivity index is 2.34. The van der Waals surface area contributed by atoms with Crippen molar-refractivity contribution < 1.29 is 9.90 Å². The van der Waals surface area contributed by atoms with Gasteiger partial charge in [-0.05, 0) is 24.6 Å². The van der Waals surface area contributed by atoms with Crippen LogP contribution < -0.4 is 5.32 Å². The van der Waals surface area contributed by atoms with Gasteiger partial charge in [-0.15, -0.1) is 0 Å². The van der Waals surface area contributed by atoms with Crippen molar-refractivity contribution in [3.8, 4) is 0 Å².